The van der Waals surface area contributed by atoms with Crippen LogP contribution in [0.25, 0.3) is 11.0 Å². The third kappa shape index (κ3) is 6.19. The Morgan fingerprint density at radius 2 is 2.03 bits per heavy atom. The maximum Gasteiger partial charge on any atom is 0.415 e. The molecule has 2 aliphatic rings. The van der Waals surface area contributed by atoms with Crippen LogP contribution in [0.3, 0.4) is 0 Å². The van der Waals surface area contributed by atoms with Gasteiger partial charge in [-0.3, -0.25) is 4.68 Å². The van der Waals surface area contributed by atoms with Crippen molar-refractivity contribution in [2.75, 3.05) is 25.1 Å². The van der Waals surface area contributed by atoms with E-state index in [0.29, 0.717) is 43.9 Å². The minimum Gasteiger partial charge on any atom is -0.490 e. The van der Waals surface area contributed by atoms with Crippen LogP contribution in [0.4, 0.5) is 24.7 Å². The number of hydrogen-bond donors (Lipinski definition) is 3. The zero-order chi connectivity index (χ0) is 26.0. The van der Waals surface area contributed by atoms with Crippen LogP contribution < -0.4 is 15.4 Å². The van der Waals surface area contributed by atoms with Crippen LogP contribution in [-0.4, -0.2) is 68.6 Å². The van der Waals surface area contributed by atoms with Crippen molar-refractivity contribution in [2.24, 2.45) is 7.05 Å². The fourth-order valence-corrected chi connectivity index (χ4v) is 5.02. The number of aliphatic hydroxyl groups is 1. The number of anilines is 2. The molecule has 9 nitrogen and oxygen atoms in total. The van der Waals surface area contributed by atoms with E-state index >= 15 is 0 Å². The van der Waals surface area contributed by atoms with Gasteiger partial charge in [0.2, 0.25) is 0 Å². The molecule has 2 aromatic heterocycles. The molecule has 3 aromatic rings. The highest BCUT2D eigenvalue weighted by molar-refractivity contribution is 5.91. The summed E-state index contributed by atoms with van der Waals surface area (Å²) in [5, 5.41) is 20.1. The van der Waals surface area contributed by atoms with Gasteiger partial charge in [-0.2, -0.15) is 18.3 Å². The van der Waals surface area contributed by atoms with Crippen LogP contribution in [0, 0.1) is 0 Å². The van der Waals surface area contributed by atoms with Crippen molar-refractivity contribution in [3.63, 3.8) is 0 Å². The highest BCUT2D eigenvalue weighted by atomic mass is 19.4. The zero-order valence-corrected chi connectivity index (χ0v) is 20.7. The van der Waals surface area contributed by atoms with Crippen LogP contribution in [0.15, 0.2) is 30.7 Å². The van der Waals surface area contributed by atoms with Gasteiger partial charge >= 0.3 is 6.18 Å². The van der Waals surface area contributed by atoms with Crippen molar-refractivity contribution in [3.8, 4) is 5.75 Å². The van der Waals surface area contributed by atoms with Gasteiger partial charge in [0, 0.05) is 50.6 Å². The largest absolute Gasteiger partial charge is 0.490 e. The maximum absolute atomic E-state index is 12.5. The molecule has 202 valence electrons. The minimum absolute atomic E-state index is 0.0466. The predicted octanol–water partition coefficient (Wildman–Crippen LogP) is 4.07. The number of rotatable bonds is 8. The Morgan fingerprint density at radius 3 is 2.76 bits per heavy atom. The SMILES string of the molecule is Cn1cnc2c(Nc3ccn(C4CCCOC4)n3)cc(OC3CCC(NC[C@@H](O)C(F)(F)F)CC3)cc21. The summed E-state index contributed by atoms with van der Waals surface area (Å²) in [5.74, 6) is 1.41. The highest BCUT2D eigenvalue weighted by Gasteiger charge is 2.38. The lowest BCUT2D eigenvalue weighted by Crippen LogP contribution is -2.44. The number of ether oxygens (including phenoxy) is 2. The van der Waals surface area contributed by atoms with Crippen molar-refractivity contribution in [1.29, 1.82) is 0 Å². The smallest absolute Gasteiger partial charge is 0.415 e. The van der Waals surface area contributed by atoms with Gasteiger partial charge in [0.05, 0.1) is 36.3 Å². The Morgan fingerprint density at radius 1 is 1.22 bits per heavy atom. The number of hydrogen-bond acceptors (Lipinski definition) is 7. The number of nitrogens with zero attached hydrogens (tertiary/aromatic N) is 4. The molecule has 5 rings (SSSR count). The number of aromatic nitrogens is 4. The molecule has 0 bridgehead atoms. The monoisotopic (exact) mass is 522 g/mol. The summed E-state index contributed by atoms with van der Waals surface area (Å²) in [7, 11) is 1.92. The van der Waals surface area contributed by atoms with Crippen LogP contribution in [0.2, 0.25) is 0 Å². The third-order valence-electron chi connectivity index (χ3n) is 7.14. The Hall–Kier alpha value is -2.83. The molecule has 1 unspecified atom stereocenters. The van der Waals surface area contributed by atoms with E-state index in [1.807, 2.05) is 40.7 Å². The van der Waals surface area contributed by atoms with Crippen LogP contribution >= 0.6 is 0 Å². The summed E-state index contributed by atoms with van der Waals surface area (Å²) < 4.78 is 53.4. The molecule has 0 spiro atoms. The lowest BCUT2D eigenvalue weighted by atomic mass is 9.93. The average molecular weight is 523 g/mol. The summed E-state index contributed by atoms with van der Waals surface area (Å²) in [6.07, 6.45) is 1.54. The average Bonchev–Trinajstić information content (AvgIpc) is 3.50. The number of alkyl halides is 3. The summed E-state index contributed by atoms with van der Waals surface area (Å²) in [6.45, 7) is 0.970. The molecule has 1 aliphatic carbocycles. The quantitative estimate of drug-likeness (QED) is 0.410. The van der Waals surface area contributed by atoms with Gasteiger partial charge < -0.3 is 29.8 Å². The fourth-order valence-electron chi connectivity index (χ4n) is 5.02. The molecule has 1 aliphatic heterocycles. The van der Waals surface area contributed by atoms with Crippen LogP contribution in [0.5, 0.6) is 5.75 Å². The van der Waals surface area contributed by atoms with Crippen LogP contribution in [0.1, 0.15) is 44.6 Å². The molecule has 12 heteroatoms. The predicted molar refractivity (Wildman–Crippen MR) is 132 cm³/mol. The van der Waals surface area contributed by atoms with Crippen molar-refractivity contribution in [1.82, 2.24) is 24.6 Å². The van der Waals surface area contributed by atoms with E-state index in [1.165, 1.54) is 0 Å². The second-order valence-electron chi connectivity index (χ2n) is 9.93. The van der Waals surface area contributed by atoms with E-state index in [-0.39, 0.29) is 18.2 Å². The lowest BCUT2D eigenvalue weighted by Gasteiger charge is -2.30. The molecule has 3 N–H and O–H groups in total. The summed E-state index contributed by atoms with van der Waals surface area (Å²) >= 11 is 0. The highest BCUT2D eigenvalue weighted by Crippen LogP contribution is 2.33. The molecular formula is C25H33F3N6O3. The van der Waals surface area contributed by atoms with Crippen molar-refractivity contribution in [3.05, 3.63) is 30.7 Å². The molecule has 2 atom stereocenters. The summed E-state index contributed by atoms with van der Waals surface area (Å²) in [6, 6.07) is 5.96. The van der Waals surface area contributed by atoms with Gasteiger partial charge in [0.15, 0.2) is 11.9 Å². The molecule has 2 fully saturated rings. The molecule has 1 aromatic carbocycles. The lowest BCUT2D eigenvalue weighted by molar-refractivity contribution is -0.202. The van der Waals surface area contributed by atoms with Gasteiger partial charge in [-0.1, -0.05) is 0 Å². The van der Waals surface area contributed by atoms with Gasteiger partial charge in [0.1, 0.15) is 11.3 Å². The second kappa shape index (κ2) is 10.9. The standard InChI is InChI=1S/C25H33F3N6O3/c1-33-15-30-24-20(31-23-8-9-34(32-23)17-3-2-10-36-14-17)11-19(12-21(24)33)37-18-6-4-16(5-7-18)29-13-22(35)25(26,27)28/h8-9,11-12,15-18,22,29,35H,2-7,10,13-14H2,1H3,(H,31,32)/t16?,17?,18?,22-/m1/s1. The van der Waals surface area contributed by atoms with Gasteiger partial charge in [-0.15, -0.1) is 0 Å². The van der Waals surface area contributed by atoms with Crippen molar-refractivity contribution < 1.29 is 27.8 Å². The Balaban J connectivity index is 1.23. The molecule has 1 saturated carbocycles. The normalized spacial score (nSPS) is 23.8. The van der Waals surface area contributed by atoms with Crippen molar-refractivity contribution >= 4 is 22.5 Å². The fraction of sp³-hybridized carbons (Fsp3) is 0.600. The topological polar surface area (TPSA) is 98.4 Å². The van der Waals surface area contributed by atoms with E-state index in [2.05, 4.69) is 15.6 Å². The molecular weight excluding hydrogens is 489 g/mol. The number of aliphatic hydroxyl groups excluding tert-OH is 1. The third-order valence-corrected chi connectivity index (χ3v) is 7.14. The van der Waals surface area contributed by atoms with E-state index in [0.717, 1.165) is 36.2 Å². The Labute approximate surface area is 212 Å². The first-order valence-corrected chi connectivity index (χ1v) is 12.8. The van der Waals surface area contributed by atoms with E-state index in [4.69, 9.17) is 14.6 Å². The minimum atomic E-state index is -4.61. The zero-order valence-electron chi connectivity index (χ0n) is 20.7. The maximum atomic E-state index is 12.5. The molecule has 1 saturated heterocycles. The van der Waals surface area contributed by atoms with E-state index in [9.17, 15) is 18.3 Å². The number of nitrogens with one attached hydrogen (secondary N) is 2. The first kappa shape index (κ1) is 25.8. The van der Waals surface area contributed by atoms with E-state index < -0.39 is 18.8 Å². The molecule has 0 radical (unpaired) electrons. The summed E-state index contributed by atoms with van der Waals surface area (Å²) in [4.78, 5) is 4.54. The first-order chi connectivity index (χ1) is 17.8. The Kier molecular flexibility index (Phi) is 7.59. The van der Waals surface area contributed by atoms with Gasteiger partial charge in [-0.25, -0.2) is 4.98 Å². The molecule has 37 heavy (non-hydrogen) atoms. The van der Waals surface area contributed by atoms with Crippen molar-refractivity contribution in [2.45, 2.75) is 69.0 Å². The Bertz CT molecular complexity index is 1180. The number of benzene rings is 1. The summed E-state index contributed by atoms with van der Waals surface area (Å²) in [5.41, 5.74) is 2.51. The number of aryl methyl sites for hydroxylation is 1. The first-order valence-electron chi connectivity index (χ1n) is 12.8. The molecule has 0 amide bonds. The number of imidazole rings is 1. The van der Waals surface area contributed by atoms with Gasteiger partial charge in [0.25, 0.3) is 0 Å². The van der Waals surface area contributed by atoms with Gasteiger partial charge in [-0.05, 0) is 38.5 Å². The molecule has 3 heterocycles. The number of halogens is 3. The van der Waals surface area contributed by atoms with Crippen LogP contribution in [-0.2, 0) is 11.8 Å². The van der Waals surface area contributed by atoms with E-state index in [1.54, 1.807) is 6.33 Å². The second-order valence-corrected chi connectivity index (χ2v) is 9.93. The number of fused-ring (bicyclic) bond motifs is 1.